The molecule has 0 spiro atoms. The molecule has 2 aromatic rings. The Hall–Kier alpha value is -1.40. The van der Waals surface area contributed by atoms with Crippen LogP contribution in [0.25, 0.3) is 0 Å². The molecule has 0 saturated carbocycles. The average molecular weight is 291 g/mol. The molecule has 0 radical (unpaired) electrons. The van der Waals surface area contributed by atoms with E-state index in [1.165, 1.54) is 5.56 Å². The topological polar surface area (TPSA) is 55.6 Å². The summed E-state index contributed by atoms with van der Waals surface area (Å²) in [7, 11) is 1.86. The standard InChI is InChI=1S/C14H21N5S/c1-12(8-9-13-6-4-3-5-7-13)15-10-11-20-14-16-17-18-19(14)2/h3-7,12,15H,8-11H2,1-2H3. The van der Waals surface area contributed by atoms with Crippen molar-refractivity contribution in [2.75, 3.05) is 12.3 Å². The van der Waals surface area contributed by atoms with E-state index in [1.54, 1.807) is 16.4 Å². The maximum absolute atomic E-state index is 3.95. The molecule has 108 valence electrons. The zero-order chi connectivity index (χ0) is 14.2. The van der Waals surface area contributed by atoms with Crippen molar-refractivity contribution in [3.8, 4) is 0 Å². The maximum Gasteiger partial charge on any atom is 0.209 e. The SMILES string of the molecule is CC(CCc1ccccc1)NCCSc1nnnn1C. The average Bonchev–Trinajstić information content (AvgIpc) is 2.88. The Morgan fingerprint density at radius 1 is 1.30 bits per heavy atom. The summed E-state index contributed by atoms with van der Waals surface area (Å²) in [5, 5.41) is 15.8. The van der Waals surface area contributed by atoms with Gasteiger partial charge < -0.3 is 5.32 Å². The summed E-state index contributed by atoms with van der Waals surface area (Å²) in [6, 6.07) is 11.1. The number of benzene rings is 1. The van der Waals surface area contributed by atoms with Crippen LogP contribution < -0.4 is 5.32 Å². The van der Waals surface area contributed by atoms with Crippen LogP contribution in [0.15, 0.2) is 35.5 Å². The highest BCUT2D eigenvalue weighted by Gasteiger charge is 2.04. The van der Waals surface area contributed by atoms with E-state index >= 15 is 0 Å². The Morgan fingerprint density at radius 3 is 2.80 bits per heavy atom. The molecular formula is C14H21N5S. The molecule has 1 aromatic heterocycles. The number of tetrazole rings is 1. The van der Waals surface area contributed by atoms with Crippen LogP contribution >= 0.6 is 11.8 Å². The molecule has 1 heterocycles. The number of nitrogens with one attached hydrogen (secondary N) is 1. The second-order valence-electron chi connectivity index (χ2n) is 4.81. The zero-order valence-corrected chi connectivity index (χ0v) is 12.8. The molecule has 1 atom stereocenters. The molecule has 1 unspecified atom stereocenters. The molecule has 1 N–H and O–H groups in total. The van der Waals surface area contributed by atoms with Gasteiger partial charge in [-0.1, -0.05) is 42.1 Å². The summed E-state index contributed by atoms with van der Waals surface area (Å²) >= 11 is 1.67. The molecule has 0 aliphatic heterocycles. The zero-order valence-electron chi connectivity index (χ0n) is 12.0. The Bertz CT molecular complexity index is 499. The molecule has 0 aliphatic rings. The second-order valence-corrected chi connectivity index (χ2v) is 5.88. The normalized spacial score (nSPS) is 12.5. The van der Waals surface area contributed by atoms with Gasteiger partial charge in [-0.2, -0.15) is 0 Å². The first-order valence-corrected chi connectivity index (χ1v) is 7.86. The second kappa shape index (κ2) is 8.01. The lowest BCUT2D eigenvalue weighted by Gasteiger charge is -2.13. The van der Waals surface area contributed by atoms with Crippen molar-refractivity contribution in [1.82, 2.24) is 25.5 Å². The molecule has 0 saturated heterocycles. The molecule has 0 amide bonds. The molecule has 0 fully saturated rings. The van der Waals surface area contributed by atoms with Crippen LogP contribution in [-0.2, 0) is 13.5 Å². The number of hydrogen-bond acceptors (Lipinski definition) is 5. The molecular weight excluding hydrogens is 270 g/mol. The lowest BCUT2D eigenvalue weighted by atomic mass is 10.1. The van der Waals surface area contributed by atoms with Crippen molar-refractivity contribution in [2.24, 2.45) is 7.05 Å². The smallest absolute Gasteiger partial charge is 0.209 e. The predicted octanol–water partition coefficient (Wildman–Crippen LogP) is 1.91. The summed E-state index contributed by atoms with van der Waals surface area (Å²) in [4.78, 5) is 0. The lowest BCUT2D eigenvalue weighted by Crippen LogP contribution is -2.28. The van der Waals surface area contributed by atoms with E-state index in [1.807, 2.05) is 7.05 Å². The van der Waals surface area contributed by atoms with E-state index < -0.39 is 0 Å². The third-order valence-corrected chi connectivity index (χ3v) is 4.13. The number of rotatable bonds is 8. The number of hydrogen-bond donors (Lipinski definition) is 1. The maximum atomic E-state index is 3.95. The Balaban J connectivity index is 1.58. The molecule has 1 aromatic carbocycles. The first-order valence-electron chi connectivity index (χ1n) is 6.88. The number of thioether (sulfide) groups is 1. The minimum absolute atomic E-state index is 0.522. The number of aromatic nitrogens is 4. The number of aryl methyl sites for hydroxylation is 2. The van der Waals surface area contributed by atoms with Crippen LogP contribution in [0.1, 0.15) is 18.9 Å². The monoisotopic (exact) mass is 291 g/mol. The quantitative estimate of drug-likeness (QED) is 0.595. The summed E-state index contributed by atoms with van der Waals surface area (Å²) in [6.07, 6.45) is 2.27. The highest BCUT2D eigenvalue weighted by atomic mass is 32.2. The van der Waals surface area contributed by atoms with E-state index in [2.05, 4.69) is 58.1 Å². The third kappa shape index (κ3) is 4.94. The van der Waals surface area contributed by atoms with Gasteiger partial charge in [0.2, 0.25) is 5.16 Å². The van der Waals surface area contributed by atoms with Gasteiger partial charge in [-0.25, -0.2) is 4.68 Å². The van der Waals surface area contributed by atoms with Crippen molar-refractivity contribution in [3.05, 3.63) is 35.9 Å². The van der Waals surface area contributed by atoms with Crippen LogP contribution in [0.3, 0.4) is 0 Å². The van der Waals surface area contributed by atoms with Crippen LogP contribution in [0.4, 0.5) is 0 Å². The molecule has 6 heteroatoms. The van der Waals surface area contributed by atoms with Gasteiger partial charge >= 0.3 is 0 Å². The summed E-state index contributed by atoms with van der Waals surface area (Å²) in [5.74, 6) is 0.976. The van der Waals surface area contributed by atoms with Crippen LogP contribution in [0.5, 0.6) is 0 Å². The van der Waals surface area contributed by atoms with E-state index in [4.69, 9.17) is 0 Å². The van der Waals surface area contributed by atoms with Gasteiger partial charge in [0.25, 0.3) is 0 Å². The largest absolute Gasteiger partial charge is 0.313 e. The summed E-state index contributed by atoms with van der Waals surface area (Å²) < 4.78 is 1.70. The summed E-state index contributed by atoms with van der Waals surface area (Å²) in [6.45, 7) is 3.20. The van der Waals surface area contributed by atoms with E-state index in [9.17, 15) is 0 Å². The lowest BCUT2D eigenvalue weighted by molar-refractivity contribution is 0.532. The van der Waals surface area contributed by atoms with Crippen molar-refractivity contribution >= 4 is 11.8 Å². The first kappa shape index (κ1) is 15.0. The third-order valence-electron chi connectivity index (χ3n) is 3.12. The number of nitrogens with zero attached hydrogens (tertiary/aromatic N) is 4. The Labute approximate surface area is 124 Å². The van der Waals surface area contributed by atoms with Gasteiger partial charge in [0, 0.05) is 25.4 Å². The highest BCUT2D eigenvalue weighted by Crippen LogP contribution is 2.11. The highest BCUT2D eigenvalue weighted by molar-refractivity contribution is 7.99. The molecule has 20 heavy (non-hydrogen) atoms. The summed E-state index contributed by atoms with van der Waals surface area (Å²) in [5.41, 5.74) is 1.40. The fourth-order valence-corrected chi connectivity index (χ4v) is 2.64. The minimum Gasteiger partial charge on any atom is -0.313 e. The molecule has 5 nitrogen and oxygen atoms in total. The fraction of sp³-hybridized carbons (Fsp3) is 0.500. The van der Waals surface area contributed by atoms with Gasteiger partial charge in [-0.3, -0.25) is 0 Å². The van der Waals surface area contributed by atoms with Crippen molar-refractivity contribution in [1.29, 1.82) is 0 Å². The Kier molecular flexibility index (Phi) is 6.01. The van der Waals surface area contributed by atoms with Crippen LogP contribution in [-0.4, -0.2) is 38.5 Å². The van der Waals surface area contributed by atoms with Crippen molar-refractivity contribution in [3.63, 3.8) is 0 Å². The molecule has 2 rings (SSSR count). The van der Waals surface area contributed by atoms with Gasteiger partial charge in [0.05, 0.1) is 0 Å². The van der Waals surface area contributed by atoms with Crippen LogP contribution in [0, 0.1) is 0 Å². The van der Waals surface area contributed by atoms with E-state index in [-0.39, 0.29) is 0 Å². The molecule has 0 aliphatic carbocycles. The van der Waals surface area contributed by atoms with Gasteiger partial charge in [0.1, 0.15) is 0 Å². The van der Waals surface area contributed by atoms with Crippen molar-refractivity contribution in [2.45, 2.75) is 31.0 Å². The van der Waals surface area contributed by atoms with Crippen molar-refractivity contribution < 1.29 is 0 Å². The minimum atomic E-state index is 0.522. The van der Waals surface area contributed by atoms with Crippen LogP contribution in [0.2, 0.25) is 0 Å². The van der Waals surface area contributed by atoms with E-state index in [0.29, 0.717) is 6.04 Å². The Morgan fingerprint density at radius 2 is 2.10 bits per heavy atom. The fourth-order valence-electron chi connectivity index (χ4n) is 1.92. The molecule has 0 bridgehead atoms. The van der Waals surface area contributed by atoms with Gasteiger partial charge in [-0.15, -0.1) is 5.10 Å². The predicted molar refractivity (Wildman–Crippen MR) is 81.7 cm³/mol. The first-order chi connectivity index (χ1) is 9.75. The van der Waals surface area contributed by atoms with Gasteiger partial charge in [-0.05, 0) is 35.8 Å². The van der Waals surface area contributed by atoms with E-state index in [0.717, 1.165) is 30.3 Å². The van der Waals surface area contributed by atoms with Gasteiger partial charge in [0.15, 0.2) is 0 Å².